The van der Waals surface area contributed by atoms with Gasteiger partial charge in [-0.15, -0.1) is 0 Å². The van der Waals surface area contributed by atoms with E-state index >= 15 is 0 Å². The number of nitrogens with one attached hydrogen (secondary N) is 2. The van der Waals surface area contributed by atoms with Crippen LogP contribution < -0.4 is 16.2 Å². The Bertz CT molecular complexity index is 855. The molecule has 0 spiro atoms. The second-order valence-electron chi connectivity index (χ2n) is 5.14. The zero-order valence-corrected chi connectivity index (χ0v) is 11.4. The zero-order chi connectivity index (χ0) is 15.4. The number of urea groups is 1. The van der Waals surface area contributed by atoms with E-state index in [0.717, 1.165) is 0 Å². The molecule has 21 heavy (non-hydrogen) atoms. The Balaban J connectivity index is 2.42. The van der Waals surface area contributed by atoms with Crippen LogP contribution in [0.3, 0.4) is 0 Å². The van der Waals surface area contributed by atoms with Gasteiger partial charge in [0.2, 0.25) is 0 Å². The summed E-state index contributed by atoms with van der Waals surface area (Å²) in [4.78, 5) is 35.9. The lowest BCUT2D eigenvalue weighted by Crippen LogP contribution is -2.45. The van der Waals surface area contributed by atoms with E-state index in [1.807, 2.05) is 0 Å². The molecular weight excluding hydrogens is 274 g/mol. The number of benzene rings is 1. The van der Waals surface area contributed by atoms with E-state index in [1.54, 1.807) is 31.3 Å². The van der Waals surface area contributed by atoms with Gasteiger partial charge in [-0.25, -0.2) is 4.79 Å². The van der Waals surface area contributed by atoms with Crippen LogP contribution in [0.15, 0.2) is 29.1 Å². The van der Waals surface area contributed by atoms with Gasteiger partial charge in [0.1, 0.15) is 5.75 Å². The Morgan fingerprint density at radius 2 is 1.86 bits per heavy atom. The summed E-state index contributed by atoms with van der Waals surface area (Å²) < 4.78 is 1.34. The molecule has 1 atom stereocenters. The van der Waals surface area contributed by atoms with E-state index in [2.05, 4.69) is 10.6 Å². The zero-order valence-electron chi connectivity index (χ0n) is 11.4. The smallest absolute Gasteiger partial charge is 0.322 e. The van der Waals surface area contributed by atoms with E-state index in [1.165, 1.54) is 11.5 Å². The first kappa shape index (κ1) is 13.2. The number of aryl methyl sites for hydroxylation is 1. The number of rotatable bonds is 1. The lowest BCUT2D eigenvalue weighted by molar-refractivity contribution is -0.123. The lowest BCUT2D eigenvalue weighted by Gasteiger charge is -2.23. The molecule has 0 saturated carbocycles. The fraction of sp³-hybridized carbons (Fsp3) is 0.214. The molecule has 7 nitrogen and oxygen atoms in total. The van der Waals surface area contributed by atoms with E-state index in [9.17, 15) is 19.5 Å². The number of carbonyl (C=O) groups is 2. The molecule has 0 radical (unpaired) electrons. The first-order chi connectivity index (χ1) is 9.86. The largest absolute Gasteiger partial charge is 0.507 e. The topological polar surface area (TPSA) is 100 Å². The van der Waals surface area contributed by atoms with Crippen molar-refractivity contribution in [3.05, 3.63) is 40.2 Å². The van der Waals surface area contributed by atoms with Crippen LogP contribution in [0.2, 0.25) is 0 Å². The van der Waals surface area contributed by atoms with Crippen molar-refractivity contribution in [1.29, 1.82) is 0 Å². The maximum atomic E-state index is 12.5. The molecule has 7 heteroatoms. The van der Waals surface area contributed by atoms with Gasteiger partial charge in [0.15, 0.2) is 5.54 Å². The van der Waals surface area contributed by atoms with Gasteiger partial charge in [0.25, 0.3) is 11.5 Å². The molecule has 0 unspecified atom stereocenters. The van der Waals surface area contributed by atoms with Crippen molar-refractivity contribution >= 4 is 22.8 Å². The van der Waals surface area contributed by atoms with Crippen LogP contribution in [0.5, 0.6) is 5.75 Å². The van der Waals surface area contributed by atoms with E-state index < -0.39 is 23.0 Å². The fourth-order valence-electron chi connectivity index (χ4n) is 2.65. The highest BCUT2D eigenvalue weighted by Crippen LogP contribution is 2.33. The first-order valence-corrected chi connectivity index (χ1v) is 6.31. The van der Waals surface area contributed by atoms with E-state index in [-0.39, 0.29) is 11.3 Å². The van der Waals surface area contributed by atoms with Crippen LogP contribution in [-0.2, 0) is 17.4 Å². The number of fused-ring (bicyclic) bond motifs is 1. The molecule has 1 saturated heterocycles. The highest BCUT2D eigenvalue weighted by Gasteiger charge is 2.47. The summed E-state index contributed by atoms with van der Waals surface area (Å²) in [6.07, 6.45) is 0. The molecule has 1 aliphatic rings. The summed E-state index contributed by atoms with van der Waals surface area (Å²) >= 11 is 0. The normalized spacial score (nSPS) is 21.4. The van der Waals surface area contributed by atoms with Gasteiger partial charge in [-0.05, 0) is 19.1 Å². The van der Waals surface area contributed by atoms with E-state index in [0.29, 0.717) is 10.9 Å². The Kier molecular flexibility index (Phi) is 2.56. The van der Waals surface area contributed by atoms with Crippen LogP contribution in [0.25, 0.3) is 10.9 Å². The minimum Gasteiger partial charge on any atom is -0.507 e. The maximum Gasteiger partial charge on any atom is 0.322 e. The average molecular weight is 287 g/mol. The number of hydrogen-bond acceptors (Lipinski definition) is 4. The second-order valence-corrected chi connectivity index (χ2v) is 5.14. The third-order valence-electron chi connectivity index (χ3n) is 3.82. The third kappa shape index (κ3) is 1.63. The predicted octanol–water partition coefficient (Wildman–Crippen LogP) is 0.299. The molecule has 1 aromatic heterocycles. The number of aromatic hydroxyl groups is 1. The molecule has 2 heterocycles. The molecule has 108 valence electrons. The summed E-state index contributed by atoms with van der Waals surface area (Å²) in [5.41, 5.74) is -1.74. The number of hydrogen-bond donors (Lipinski definition) is 3. The number of pyridine rings is 1. The number of aromatic nitrogens is 1. The number of nitrogens with zero attached hydrogens (tertiary/aromatic N) is 1. The van der Waals surface area contributed by atoms with Gasteiger partial charge in [-0.3, -0.25) is 14.9 Å². The van der Waals surface area contributed by atoms with Crippen molar-refractivity contribution in [2.24, 2.45) is 7.05 Å². The van der Waals surface area contributed by atoms with Crippen LogP contribution in [0.1, 0.15) is 12.5 Å². The average Bonchev–Trinajstić information content (AvgIpc) is 2.70. The van der Waals surface area contributed by atoms with Gasteiger partial charge in [-0.2, -0.15) is 0 Å². The summed E-state index contributed by atoms with van der Waals surface area (Å²) in [5, 5.41) is 15.4. The molecular formula is C14H13N3O4. The molecule has 0 aliphatic carbocycles. The number of para-hydroxylation sites is 1. The van der Waals surface area contributed by atoms with E-state index in [4.69, 9.17) is 0 Å². The maximum absolute atomic E-state index is 12.5. The molecule has 1 fully saturated rings. The summed E-state index contributed by atoms with van der Waals surface area (Å²) in [6.45, 7) is 1.39. The third-order valence-corrected chi connectivity index (χ3v) is 3.82. The van der Waals surface area contributed by atoms with Gasteiger partial charge < -0.3 is 15.0 Å². The minimum atomic E-state index is -1.60. The Morgan fingerprint density at radius 3 is 2.48 bits per heavy atom. The van der Waals surface area contributed by atoms with Crippen LogP contribution >= 0.6 is 0 Å². The number of imide groups is 1. The lowest BCUT2D eigenvalue weighted by atomic mass is 9.91. The van der Waals surface area contributed by atoms with Crippen molar-refractivity contribution in [3.63, 3.8) is 0 Å². The molecule has 1 aromatic carbocycles. The standard InChI is InChI=1S/C14H13N3O4/c1-14(12(20)15-13(21)16-14)9-10(18)7-5-3-4-6-8(7)17(2)11(9)19/h3-6,18H,1-2H3,(H2,15,16,20,21)/t14-/m0/s1. The van der Waals surface area contributed by atoms with Crippen LogP contribution in [-0.4, -0.2) is 21.6 Å². The summed E-state index contributed by atoms with van der Waals surface area (Å²) in [6, 6.07) is 6.09. The Labute approximate surface area is 119 Å². The predicted molar refractivity (Wildman–Crippen MR) is 74.9 cm³/mol. The number of carbonyl (C=O) groups excluding carboxylic acids is 2. The minimum absolute atomic E-state index is 0.146. The highest BCUT2D eigenvalue weighted by molar-refractivity contribution is 6.08. The first-order valence-electron chi connectivity index (χ1n) is 6.31. The molecule has 3 rings (SSSR count). The van der Waals surface area contributed by atoms with Crippen molar-refractivity contribution < 1.29 is 14.7 Å². The molecule has 0 bridgehead atoms. The number of amides is 3. The SMILES string of the molecule is Cn1c(=O)c([C@]2(C)NC(=O)NC2=O)c(O)c2ccccc21. The van der Waals surface area contributed by atoms with Crippen molar-refractivity contribution in [2.45, 2.75) is 12.5 Å². The molecule has 1 aliphatic heterocycles. The summed E-state index contributed by atoms with van der Waals surface area (Å²) in [5.74, 6) is -0.969. The van der Waals surface area contributed by atoms with Crippen molar-refractivity contribution in [3.8, 4) is 5.75 Å². The van der Waals surface area contributed by atoms with Crippen LogP contribution in [0, 0.1) is 0 Å². The summed E-state index contributed by atoms with van der Waals surface area (Å²) in [7, 11) is 1.55. The van der Waals surface area contributed by atoms with Crippen molar-refractivity contribution in [2.75, 3.05) is 0 Å². The molecule has 2 aromatic rings. The quantitative estimate of drug-likeness (QED) is 0.657. The van der Waals surface area contributed by atoms with Gasteiger partial charge in [0, 0.05) is 12.4 Å². The van der Waals surface area contributed by atoms with Gasteiger partial charge in [0.05, 0.1) is 11.1 Å². The van der Waals surface area contributed by atoms with Crippen molar-refractivity contribution in [1.82, 2.24) is 15.2 Å². The Morgan fingerprint density at radius 1 is 1.19 bits per heavy atom. The monoisotopic (exact) mass is 287 g/mol. The molecule has 3 amide bonds. The second kappa shape index (κ2) is 4.08. The van der Waals surface area contributed by atoms with Gasteiger partial charge >= 0.3 is 6.03 Å². The fourth-order valence-corrected chi connectivity index (χ4v) is 2.65. The highest BCUT2D eigenvalue weighted by atomic mass is 16.3. The van der Waals surface area contributed by atoms with Gasteiger partial charge in [-0.1, -0.05) is 12.1 Å². The molecule has 3 N–H and O–H groups in total. The van der Waals surface area contributed by atoms with Crippen LogP contribution in [0.4, 0.5) is 4.79 Å². The Hall–Kier alpha value is -2.83.